The molecule has 0 amide bonds. The molecule has 3 rings (SSSR count). The van der Waals surface area contributed by atoms with Gasteiger partial charge in [-0.25, -0.2) is 4.98 Å². The minimum Gasteiger partial charge on any atom is -0.459 e. The van der Waals surface area contributed by atoms with Gasteiger partial charge in [0.2, 0.25) is 5.95 Å². The van der Waals surface area contributed by atoms with E-state index in [1.54, 1.807) is 0 Å². The number of benzene rings is 1. The van der Waals surface area contributed by atoms with E-state index >= 15 is 0 Å². The predicted octanol–water partition coefficient (Wildman–Crippen LogP) is 2.52. The van der Waals surface area contributed by atoms with E-state index in [-0.39, 0.29) is 0 Å². The van der Waals surface area contributed by atoms with Crippen LogP contribution in [0.3, 0.4) is 0 Å². The van der Waals surface area contributed by atoms with Crippen LogP contribution in [0, 0.1) is 13.8 Å². The van der Waals surface area contributed by atoms with E-state index in [0.717, 1.165) is 33.3 Å². The topological polar surface area (TPSA) is 57.0 Å². The third-order valence-corrected chi connectivity index (χ3v) is 2.97. The quantitative estimate of drug-likeness (QED) is 0.626. The first-order valence-corrected chi connectivity index (χ1v) is 5.19. The van der Waals surface area contributed by atoms with Crippen LogP contribution in [0.5, 0.6) is 0 Å². The summed E-state index contributed by atoms with van der Waals surface area (Å²) in [4.78, 5) is 4.36. The standard InChI is InChI=1S/C12H13N3O/c1-6-4-8-5-7(2)16-11(8)9-10(6)15(3)12(13)14-9/h4-5H,1-3H3,(H2,13,14). The largest absolute Gasteiger partial charge is 0.459 e. The molecule has 0 radical (unpaired) electrons. The van der Waals surface area contributed by atoms with Crippen molar-refractivity contribution in [3.63, 3.8) is 0 Å². The summed E-state index contributed by atoms with van der Waals surface area (Å²) in [6, 6.07) is 4.13. The van der Waals surface area contributed by atoms with E-state index in [1.807, 2.05) is 24.6 Å². The molecule has 0 unspecified atom stereocenters. The molecular formula is C12H13N3O. The van der Waals surface area contributed by atoms with Crippen LogP contribution in [-0.4, -0.2) is 9.55 Å². The maximum Gasteiger partial charge on any atom is 0.201 e. The summed E-state index contributed by atoms with van der Waals surface area (Å²) in [5, 5.41) is 1.08. The smallest absolute Gasteiger partial charge is 0.201 e. The molecule has 4 heteroatoms. The van der Waals surface area contributed by atoms with Gasteiger partial charge in [-0.3, -0.25) is 0 Å². The highest BCUT2D eigenvalue weighted by molar-refractivity contribution is 6.03. The van der Waals surface area contributed by atoms with Gasteiger partial charge in [-0.05, 0) is 31.5 Å². The molecule has 3 aromatic rings. The van der Waals surface area contributed by atoms with Crippen molar-refractivity contribution in [3.05, 3.63) is 23.5 Å². The number of rotatable bonds is 0. The second kappa shape index (κ2) is 2.78. The average molecular weight is 215 g/mol. The van der Waals surface area contributed by atoms with Gasteiger partial charge < -0.3 is 14.7 Å². The number of hydrogen-bond donors (Lipinski definition) is 1. The fourth-order valence-electron chi connectivity index (χ4n) is 2.25. The molecule has 2 N–H and O–H groups in total. The minimum absolute atomic E-state index is 0.514. The van der Waals surface area contributed by atoms with Gasteiger partial charge >= 0.3 is 0 Å². The van der Waals surface area contributed by atoms with E-state index in [0.29, 0.717) is 5.95 Å². The van der Waals surface area contributed by atoms with Crippen LogP contribution in [-0.2, 0) is 7.05 Å². The lowest BCUT2D eigenvalue weighted by Gasteiger charge is -2.00. The first kappa shape index (κ1) is 9.27. The van der Waals surface area contributed by atoms with Crippen molar-refractivity contribution < 1.29 is 4.42 Å². The third kappa shape index (κ3) is 1.01. The predicted molar refractivity (Wildman–Crippen MR) is 64.4 cm³/mol. The number of furan rings is 1. The minimum atomic E-state index is 0.514. The molecule has 2 heterocycles. The van der Waals surface area contributed by atoms with Crippen LogP contribution < -0.4 is 5.73 Å². The molecule has 0 aliphatic rings. The SMILES string of the molecule is Cc1cc2cc(C)c3c(nc(N)n3C)c2o1. The van der Waals surface area contributed by atoms with Gasteiger partial charge in [0.1, 0.15) is 11.3 Å². The first-order valence-electron chi connectivity index (χ1n) is 5.19. The highest BCUT2D eigenvalue weighted by Gasteiger charge is 2.14. The highest BCUT2D eigenvalue weighted by atomic mass is 16.3. The van der Waals surface area contributed by atoms with E-state index in [4.69, 9.17) is 10.2 Å². The summed E-state index contributed by atoms with van der Waals surface area (Å²) in [7, 11) is 1.92. The fraction of sp³-hybridized carbons (Fsp3) is 0.250. The zero-order valence-electron chi connectivity index (χ0n) is 9.53. The Morgan fingerprint density at radius 2 is 2.06 bits per heavy atom. The summed E-state index contributed by atoms with van der Waals surface area (Å²) in [6.45, 7) is 4.00. The number of nitrogens with zero attached hydrogens (tertiary/aromatic N) is 2. The van der Waals surface area contributed by atoms with Gasteiger partial charge in [-0.2, -0.15) is 0 Å². The zero-order chi connectivity index (χ0) is 11.4. The molecule has 0 saturated carbocycles. The van der Waals surface area contributed by atoms with Crippen LogP contribution in [0.2, 0.25) is 0 Å². The van der Waals surface area contributed by atoms with Crippen molar-refractivity contribution in [2.75, 3.05) is 5.73 Å². The normalized spacial score (nSPS) is 11.7. The van der Waals surface area contributed by atoms with Gasteiger partial charge in [0.05, 0.1) is 5.52 Å². The van der Waals surface area contributed by atoms with Crippen molar-refractivity contribution in [2.24, 2.45) is 7.05 Å². The van der Waals surface area contributed by atoms with Gasteiger partial charge in [-0.15, -0.1) is 0 Å². The third-order valence-electron chi connectivity index (χ3n) is 2.97. The number of aryl methyl sites for hydroxylation is 3. The highest BCUT2D eigenvalue weighted by Crippen LogP contribution is 2.30. The molecule has 16 heavy (non-hydrogen) atoms. The van der Waals surface area contributed by atoms with Gasteiger partial charge in [0.15, 0.2) is 5.58 Å². The summed E-state index contributed by atoms with van der Waals surface area (Å²) in [6.07, 6.45) is 0. The molecule has 0 aliphatic heterocycles. The van der Waals surface area contributed by atoms with Crippen LogP contribution in [0.1, 0.15) is 11.3 Å². The fourth-order valence-corrected chi connectivity index (χ4v) is 2.25. The monoisotopic (exact) mass is 215 g/mol. The molecule has 0 atom stereocenters. The Morgan fingerprint density at radius 3 is 2.81 bits per heavy atom. The molecule has 4 nitrogen and oxygen atoms in total. The number of imidazole rings is 1. The van der Waals surface area contributed by atoms with Crippen molar-refractivity contribution in [2.45, 2.75) is 13.8 Å². The van der Waals surface area contributed by atoms with Crippen molar-refractivity contribution in [3.8, 4) is 0 Å². The molecule has 0 aliphatic carbocycles. The van der Waals surface area contributed by atoms with E-state index < -0.39 is 0 Å². The Bertz CT molecular complexity index is 706. The van der Waals surface area contributed by atoms with E-state index in [1.165, 1.54) is 0 Å². The lowest BCUT2D eigenvalue weighted by atomic mass is 10.1. The van der Waals surface area contributed by atoms with Gasteiger partial charge in [0.25, 0.3) is 0 Å². The number of nitrogen functional groups attached to an aromatic ring is 1. The van der Waals surface area contributed by atoms with Gasteiger partial charge in [-0.1, -0.05) is 0 Å². The molecule has 2 aromatic heterocycles. The molecule has 0 fully saturated rings. The summed E-state index contributed by atoms with van der Waals surface area (Å²) in [5.41, 5.74) is 9.71. The Hall–Kier alpha value is -1.97. The van der Waals surface area contributed by atoms with Gasteiger partial charge in [0, 0.05) is 12.4 Å². The average Bonchev–Trinajstić information content (AvgIpc) is 2.69. The number of fused-ring (bicyclic) bond motifs is 3. The first-order chi connectivity index (χ1) is 7.58. The Balaban J connectivity index is 2.63. The molecule has 1 aromatic carbocycles. The van der Waals surface area contributed by atoms with Crippen molar-refractivity contribution in [1.29, 1.82) is 0 Å². The maximum atomic E-state index is 5.83. The van der Waals surface area contributed by atoms with Crippen LogP contribution in [0.15, 0.2) is 16.5 Å². The second-order valence-electron chi connectivity index (χ2n) is 4.20. The molecular weight excluding hydrogens is 202 g/mol. The lowest BCUT2D eigenvalue weighted by Crippen LogP contribution is -1.96. The maximum absolute atomic E-state index is 5.83. The van der Waals surface area contributed by atoms with Crippen molar-refractivity contribution >= 4 is 28.0 Å². The number of anilines is 1. The molecule has 0 bridgehead atoms. The Kier molecular flexibility index (Phi) is 1.61. The summed E-state index contributed by atoms with van der Waals surface area (Å²) in [5.74, 6) is 1.41. The lowest BCUT2D eigenvalue weighted by molar-refractivity contribution is 0.581. The summed E-state index contributed by atoms with van der Waals surface area (Å²) >= 11 is 0. The zero-order valence-corrected chi connectivity index (χ0v) is 9.53. The van der Waals surface area contributed by atoms with Crippen LogP contribution in [0.4, 0.5) is 5.95 Å². The van der Waals surface area contributed by atoms with Crippen LogP contribution >= 0.6 is 0 Å². The second-order valence-corrected chi connectivity index (χ2v) is 4.20. The number of hydrogen-bond acceptors (Lipinski definition) is 3. The van der Waals surface area contributed by atoms with Crippen LogP contribution in [0.25, 0.3) is 22.0 Å². The molecule has 0 saturated heterocycles. The Morgan fingerprint density at radius 1 is 1.31 bits per heavy atom. The number of aromatic nitrogens is 2. The van der Waals surface area contributed by atoms with E-state index in [9.17, 15) is 0 Å². The molecule has 0 spiro atoms. The summed E-state index contributed by atoms with van der Waals surface area (Å²) < 4.78 is 7.56. The Labute approximate surface area is 92.7 Å². The number of nitrogens with two attached hydrogens (primary N) is 1. The molecule has 82 valence electrons. The van der Waals surface area contributed by atoms with Crippen molar-refractivity contribution in [1.82, 2.24) is 9.55 Å². The van der Waals surface area contributed by atoms with E-state index in [2.05, 4.69) is 18.0 Å².